The Hall–Kier alpha value is -1.01. The highest BCUT2D eigenvalue weighted by atomic mass is 32.2. The molecular weight excluding hydrogens is 284 g/mol. The number of hydrogen-bond acceptors (Lipinski definition) is 4. The number of thioether (sulfide) groups is 1. The van der Waals surface area contributed by atoms with Crippen LogP contribution in [0, 0.1) is 0 Å². The van der Waals surface area contributed by atoms with Gasteiger partial charge in [-0.2, -0.15) is 11.8 Å². The number of benzene rings is 1. The Morgan fingerprint density at radius 2 is 1.84 bits per heavy atom. The Morgan fingerprint density at radius 1 is 1.26 bits per heavy atom. The van der Waals surface area contributed by atoms with Gasteiger partial charge in [-0.15, -0.1) is 0 Å². The predicted octanol–water partition coefficient (Wildman–Crippen LogP) is 2.36. The smallest absolute Gasteiger partial charge is 0.307 e. The highest BCUT2D eigenvalue weighted by molar-refractivity contribution is 7.97. The van der Waals surface area contributed by atoms with E-state index < -0.39 is 21.1 Å². The van der Waals surface area contributed by atoms with Crippen molar-refractivity contribution < 1.29 is 18.3 Å². The maximum Gasteiger partial charge on any atom is 0.307 e. The van der Waals surface area contributed by atoms with Crippen molar-refractivity contribution in [2.24, 2.45) is 0 Å². The second-order valence-electron chi connectivity index (χ2n) is 4.58. The standard InChI is InChI=1S/C13H18O4S2/c1-9(2)19(16,17)12-5-10(7-13(14)15)4-11(6-12)8-18-3/h4-6,9H,7-8H2,1-3H3,(H,14,15). The molecule has 6 heteroatoms. The Kier molecular flexibility index (Phi) is 5.43. The second kappa shape index (κ2) is 6.43. The lowest BCUT2D eigenvalue weighted by Gasteiger charge is -2.11. The summed E-state index contributed by atoms with van der Waals surface area (Å²) in [7, 11) is -3.38. The highest BCUT2D eigenvalue weighted by Crippen LogP contribution is 2.22. The normalized spacial score (nSPS) is 11.8. The molecule has 0 unspecified atom stereocenters. The summed E-state index contributed by atoms with van der Waals surface area (Å²) in [5.41, 5.74) is 1.36. The molecule has 4 nitrogen and oxygen atoms in total. The fourth-order valence-corrected chi connectivity index (χ4v) is 3.37. The minimum absolute atomic E-state index is 0.164. The van der Waals surface area contributed by atoms with E-state index in [0.29, 0.717) is 11.3 Å². The van der Waals surface area contributed by atoms with Gasteiger partial charge < -0.3 is 5.11 Å². The summed E-state index contributed by atoms with van der Waals surface area (Å²) in [4.78, 5) is 11.0. The van der Waals surface area contributed by atoms with Crippen LogP contribution >= 0.6 is 11.8 Å². The molecule has 1 N–H and O–H groups in total. The van der Waals surface area contributed by atoms with Gasteiger partial charge in [0.25, 0.3) is 0 Å². The van der Waals surface area contributed by atoms with E-state index in [9.17, 15) is 13.2 Å². The highest BCUT2D eigenvalue weighted by Gasteiger charge is 2.20. The van der Waals surface area contributed by atoms with Crippen molar-refractivity contribution in [1.82, 2.24) is 0 Å². The zero-order chi connectivity index (χ0) is 14.6. The van der Waals surface area contributed by atoms with Crippen molar-refractivity contribution in [3.63, 3.8) is 0 Å². The summed E-state index contributed by atoms with van der Waals surface area (Å²) in [6.45, 7) is 3.24. The first-order chi connectivity index (χ1) is 8.77. The van der Waals surface area contributed by atoms with Crippen LogP contribution in [-0.2, 0) is 26.8 Å². The quantitative estimate of drug-likeness (QED) is 0.873. The summed E-state index contributed by atoms with van der Waals surface area (Å²) in [6, 6.07) is 4.86. The summed E-state index contributed by atoms with van der Waals surface area (Å²) >= 11 is 1.57. The molecule has 0 radical (unpaired) electrons. The molecule has 1 aromatic rings. The minimum atomic E-state index is -3.38. The van der Waals surface area contributed by atoms with Crippen LogP contribution in [0.25, 0.3) is 0 Å². The van der Waals surface area contributed by atoms with Crippen LogP contribution in [0.15, 0.2) is 23.1 Å². The molecule has 0 aliphatic heterocycles. The van der Waals surface area contributed by atoms with E-state index in [1.54, 1.807) is 37.7 Å². The molecule has 0 aliphatic rings. The van der Waals surface area contributed by atoms with Crippen LogP contribution in [-0.4, -0.2) is 31.0 Å². The molecule has 19 heavy (non-hydrogen) atoms. The topological polar surface area (TPSA) is 71.4 Å². The van der Waals surface area contributed by atoms with Gasteiger partial charge in [-0.25, -0.2) is 8.42 Å². The Balaban J connectivity index is 3.31. The van der Waals surface area contributed by atoms with Crippen LogP contribution in [0.5, 0.6) is 0 Å². The van der Waals surface area contributed by atoms with Crippen molar-refractivity contribution in [3.8, 4) is 0 Å². The fourth-order valence-electron chi connectivity index (χ4n) is 1.69. The van der Waals surface area contributed by atoms with Gasteiger partial charge in [0.05, 0.1) is 16.6 Å². The molecule has 0 fully saturated rings. The number of carboxylic acid groups (broad SMARTS) is 1. The number of rotatable bonds is 6. The molecule has 0 saturated heterocycles. The van der Waals surface area contributed by atoms with Gasteiger partial charge in [0.1, 0.15) is 0 Å². The number of sulfone groups is 1. The van der Waals surface area contributed by atoms with E-state index in [4.69, 9.17) is 5.11 Å². The number of aliphatic carboxylic acids is 1. The number of carbonyl (C=O) groups is 1. The van der Waals surface area contributed by atoms with Crippen molar-refractivity contribution >= 4 is 27.6 Å². The van der Waals surface area contributed by atoms with E-state index in [0.717, 1.165) is 5.56 Å². The molecule has 106 valence electrons. The Bertz CT molecular complexity index is 562. The molecule has 0 aliphatic carbocycles. The number of hydrogen-bond donors (Lipinski definition) is 1. The molecule has 1 aromatic carbocycles. The Morgan fingerprint density at radius 3 is 2.32 bits per heavy atom. The maximum absolute atomic E-state index is 12.2. The van der Waals surface area contributed by atoms with Crippen LogP contribution in [0.1, 0.15) is 25.0 Å². The van der Waals surface area contributed by atoms with Gasteiger partial charge in [0, 0.05) is 5.75 Å². The minimum Gasteiger partial charge on any atom is -0.481 e. The molecule has 0 heterocycles. The van der Waals surface area contributed by atoms with E-state index >= 15 is 0 Å². The first-order valence-electron chi connectivity index (χ1n) is 5.85. The lowest BCUT2D eigenvalue weighted by molar-refractivity contribution is -0.136. The lowest BCUT2D eigenvalue weighted by atomic mass is 10.1. The Labute approximate surface area is 118 Å². The summed E-state index contributed by atoms with van der Waals surface area (Å²) in [5, 5.41) is 8.32. The average molecular weight is 302 g/mol. The summed E-state index contributed by atoms with van der Waals surface area (Å²) in [5.74, 6) is -0.303. The van der Waals surface area contributed by atoms with Gasteiger partial charge in [-0.05, 0) is 43.4 Å². The van der Waals surface area contributed by atoms with Crippen molar-refractivity contribution in [3.05, 3.63) is 29.3 Å². The van der Waals surface area contributed by atoms with Gasteiger partial charge in [-0.3, -0.25) is 4.79 Å². The average Bonchev–Trinajstić information content (AvgIpc) is 2.27. The van der Waals surface area contributed by atoms with E-state index in [1.165, 1.54) is 6.07 Å². The van der Waals surface area contributed by atoms with Crippen LogP contribution in [0.2, 0.25) is 0 Å². The molecule has 0 spiro atoms. The van der Waals surface area contributed by atoms with Gasteiger partial charge in [0.15, 0.2) is 9.84 Å². The van der Waals surface area contributed by atoms with Gasteiger partial charge in [0.2, 0.25) is 0 Å². The maximum atomic E-state index is 12.2. The third-order valence-corrected chi connectivity index (χ3v) is 5.40. The van der Waals surface area contributed by atoms with E-state index in [1.807, 2.05) is 6.26 Å². The zero-order valence-corrected chi connectivity index (χ0v) is 12.8. The fraction of sp³-hybridized carbons (Fsp3) is 0.462. The monoisotopic (exact) mass is 302 g/mol. The molecule has 0 bridgehead atoms. The number of carboxylic acids is 1. The first kappa shape index (κ1) is 16.0. The van der Waals surface area contributed by atoms with Crippen LogP contribution < -0.4 is 0 Å². The molecule has 1 rings (SSSR count). The molecule has 0 atom stereocenters. The summed E-state index contributed by atoms with van der Waals surface area (Å²) < 4.78 is 24.3. The lowest BCUT2D eigenvalue weighted by Crippen LogP contribution is -2.15. The SMILES string of the molecule is CSCc1cc(CC(=O)O)cc(S(=O)(=O)C(C)C)c1. The van der Waals surface area contributed by atoms with Crippen LogP contribution in [0.4, 0.5) is 0 Å². The van der Waals surface area contributed by atoms with Gasteiger partial charge in [-0.1, -0.05) is 6.07 Å². The van der Waals surface area contributed by atoms with Crippen molar-refractivity contribution in [2.75, 3.05) is 6.26 Å². The first-order valence-corrected chi connectivity index (χ1v) is 8.79. The van der Waals surface area contributed by atoms with Crippen molar-refractivity contribution in [1.29, 1.82) is 0 Å². The zero-order valence-electron chi connectivity index (χ0n) is 11.2. The summed E-state index contributed by atoms with van der Waals surface area (Å²) in [6.07, 6.45) is 1.75. The largest absolute Gasteiger partial charge is 0.481 e. The van der Waals surface area contributed by atoms with Gasteiger partial charge >= 0.3 is 5.97 Å². The molecule has 0 aromatic heterocycles. The third kappa shape index (κ3) is 4.24. The molecular formula is C13H18O4S2. The van der Waals surface area contributed by atoms with Crippen LogP contribution in [0.3, 0.4) is 0 Å². The second-order valence-corrected chi connectivity index (χ2v) is 7.95. The molecule has 0 amide bonds. The molecule has 0 saturated carbocycles. The van der Waals surface area contributed by atoms with E-state index in [2.05, 4.69) is 0 Å². The van der Waals surface area contributed by atoms with E-state index in [-0.39, 0.29) is 11.3 Å². The van der Waals surface area contributed by atoms with Crippen molar-refractivity contribution in [2.45, 2.75) is 36.2 Å². The predicted molar refractivity (Wildman–Crippen MR) is 77.3 cm³/mol. The third-order valence-electron chi connectivity index (χ3n) is 2.64.